The van der Waals surface area contributed by atoms with Gasteiger partial charge in [0.05, 0.1) is 6.20 Å². The monoisotopic (exact) mass is 383 g/mol. The molecule has 0 amide bonds. The summed E-state index contributed by atoms with van der Waals surface area (Å²) >= 11 is 0. The number of fused-ring (bicyclic) bond motifs is 2. The molecule has 0 saturated heterocycles. The number of para-hydroxylation sites is 1. The van der Waals surface area contributed by atoms with Gasteiger partial charge in [0.1, 0.15) is 11.5 Å². The number of phenolic OH excluding ortho intramolecular Hbond substituents is 1. The molecule has 2 heterocycles. The summed E-state index contributed by atoms with van der Waals surface area (Å²) in [7, 11) is -1.05. The van der Waals surface area contributed by atoms with Crippen LogP contribution in [-0.2, 0) is 18.8 Å². The second kappa shape index (κ2) is 6.50. The number of aromatic hydroxyl groups is 1. The van der Waals surface area contributed by atoms with E-state index in [2.05, 4.69) is 4.98 Å². The van der Waals surface area contributed by atoms with E-state index < -0.39 is 12.8 Å². The summed E-state index contributed by atoms with van der Waals surface area (Å²) in [6.07, 6.45) is 3.19. The molecule has 27 heavy (non-hydrogen) atoms. The average molecular weight is 383 g/mol. The maximum atomic E-state index is 14.1. The molecule has 0 radical (unpaired) electrons. The Balaban J connectivity index is 2.19. The molecule has 2 aromatic carbocycles. The van der Waals surface area contributed by atoms with Crippen LogP contribution in [0.25, 0.3) is 0 Å². The number of ether oxygens (including phenoxy) is 1. The molecule has 1 aliphatic rings. The third kappa shape index (κ3) is 2.42. The number of hydrogen-bond acceptors (Lipinski definition) is 6. The molecule has 0 spiro atoms. The maximum Gasteiger partial charge on any atom is 0.349 e. The molecule has 1 atom stereocenters. The number of nitrogens with zero attached hydrogens (tertiary/aromatic N) is 1. The molecule has 0 aliphatic carbocycles. The molecular formula is C20H18NO5P. The standard InChI is InChI=1S/C20H18NO5P/c1-24-27(23,25-2)20(14-7-9-15(22)10-8-14)16-5-3-4-6-18(16)26-19-13-21-12-11-17(19)20/h3-13,22H,1-2H3. The number of aromatic nitrogens is 1. The molecule has 1 N–H and O–H groups in total. The minimum Gasteiger partial charge on any atom is -0.508 e. The maximum absolute atomic E-state index is 14.1. The van der Waals surface area contributed by atoms with Gasteiger partial charge in [0, 0.05) is 31.5 Å². The molecule has 3 aromatic rings. The lowest BCUT2D eigenvalue weighted by Crippen LogP contribution is -2.34. The predicted octanol–water partition coefficient (Wildman–Crippen LogP) is 4.67. The molecule has 7 heteroatoms. The van der Waals surface area contributed by atoms with E-state index in [1.165, 1.54) is 14.2 Å². The highest BCUT2D eigenvalue weighted by Gasteiger charge is 2.58. The fourth-order valence-electron chi connectivity index (χ4n) is 3.69. The zero-order valence-electron chi connectivity index (χ0n) is 14.8. The van der Waals surface area contributed by atoms with E-state index in [1.54, 1.807) is 48.8 Å². The van der Waals surface area contributed by atoms with Crippen LogP contribution in [0.15, 0.2) is 67.0 Å². The molecular weight excluding hydrogens is 365 g/mol. The smallest absolute Gasteiger partial charge is 0.349 e. The van der Waals surface area contributed by atoms with Gasteiger partial charge in [-0.15, -0.1) is 0 Å². The summed E-state index contributed by atoms with van der Waals surface area (Å²) in [5, 5.41) is 8.50. The summed E-state index contributed by atoms with van der Waals surface area (Å²) in [6.45, 7) is 0. The molecule has 0 saturated carbocycles. The highest BCUT2D eigenvalue weighted by atomic mass is 31.2. The van der Waals surface area contributed by atoms with Gasteiger partial charge in [0.2, 0.25) is 0 Å². The van der Waals surface area contributed by atoms with E-state index in [0.29, 0.717) is 28.2 Å². The Hall–Kier alpha value is -2.66. The Morgan fingerprint density at radius 3 is 2.33 bits per heavy atom. The topological polar surface area (TPSA) is 77.9 Å². The number of phenols is 1. The Morgan fingerprint density at radius 1 is 0.963 bits per heavy atom. The first-order valence-electron chi connectivity index (χ1n) is 8.30. The van der Waals surface area contributed by atoms with Gasteiger partial charge in [-0.1, -0.05) is 30.3 Å². The van der Waals surface area contributed by atoms with Crippen LogP contribution in [0.5, 0.6) is 17.2 Å². The number of benzene rings is 2. The van der Waals surface area contributed by atoms with Gasteiger partial charge in [-0.05, 0) is 29.8 Å². The van der Waals surface area contributed by atoms with E-state index in [-0.39, 0.29) is 5.75 Å². The van der Waals surface area contributed by atoms with Gasteiger partial charge in [-0.25, -0.2) is 0 Å². The number of rotatable bonds is 4. The summed E-state index contributed by atoms with van der Waals surface area (Å²) in [6, 6.07) is 15.6. The highest BCUT2D eigenvalue weighted by Crippen LogP contribution is 2.73. The molecule has 0 bridgehead atoms. The summed E-state index contributed by atoms with van der Waals surface area (Å²) in [5.41, 5.74) is 1.92. The van der Waals surface area contributed by atoms with Crippen molar-refractivity contribution < 1.29 is 23.5 Å². The van der Waals surface area contributed by atoms with Crippen LogP contribution in [0.3, 0.4) is 0 Å². The van der Waals surface area contributed by atoms with Crippen molar-refractivity contribution in [2.75, 3.05) is 14.2 Å². The summed E-state index contributed by atoms with van der Waals surface area (Å²) in [5.74, 6) is 1.12. The largest absolute Gasteiger partial charge is 0.508 e. The Morgan fingerprint density at radius 2 is 1.63 bits per heavy atom. The second-order valence-electron chi connectivity index (χ2n) is 6.09. The first-order valence-corrected chi connectivity index (χ1v) is 9.84. The van der Waals surface area contributed by atoms with Crippen LogP contribution in [0.4, 0.5) is 0 Å². The fraction of sp³-hybridized carbons (Fsp3) is 0.150. The first kappa shape index (κ1) is 17.7. The lowest BCUT2D eigenvalue weighted by Gasteiger charge is -2.42. The fourth-order valence-corrected chi connectivity index (χ4v) is 5.82. The minimum atomic E-state index is -3.78. The zero-order chi connectivity index (χ0) is 19.1. The van der Waals surface area contributed by atoms with Gasteiger partial charge in [0.25, 0.3) is 0 Å². The Kier molecular flexibility index (Phi) is 4.27. The third-order valence-corrected chi connectivity index (χ3v) is 7.37. The van der Waals surface area contributed by atoms with Crippen LogP contribution in [0.1, 0.15) is 16.7 Å². The lowest BCUT2D eigenvalue weighted by atomic mass is 9.82. The Bertz CT molecular complexity index is 981. The van der Waals surface area contributed by atoms with E-state index in [9.17, 15) is 9.67 Å². The SMILES string of the molecule is COP(=O)(OC)C1(c2ccc(O)cc2)c2ccccc2Oc2cnccc21. The van der Waals surface area contributed by atoms with Crippen molar-refractivity contribution in [2.45, 2.75) is 5.16 Å². The van der Waals surface area contributed by atoms with Crippen LogP contribution in [-0.4, -0.2) is 24.3 Å². The van der Waals surface area contributed by atoms with Crippen molar-refractivity contribution in [3.63, 3.8) is 0 Å². The third-order valence-electron chi connectivity index (χ3n) is 4.85. The molecule has 1 aromatic heterocycles. The van der Waals surface area contributed by atoms with Gasteiger partial charge in [0.15, 0.2) is 10.9 Å². The minimum absolute atomic E-state index is 0.105. The number of hydrogen-bond donors (Lipinski definition) is 1. The van der Waals surface area contributed by atoms with Crippen LogP contribution < -0.4 is 4.74 Å². The van der Waals surface area contributed by atoms with Crippen molar-refractivity contribution >= 4 is 7.60 Å². The van der Waals surface area contributed by atoms with Crippen molar-refractivity contribution in [3.8, 4) is 17.2 Å². The van der Waals surface area contributed by atoms with Crippen LogP contribution in [0.2, 0.25) is 0 Å². The van der Waals surface area contributed by atoms with Crippen molar-refractivity contribution in [1.82, 2.24) is 4.98 Å². The Labute approximate surface area is 156 Å². The van der Waals surface area contributed by atoms with Crippen LogP contribution in [0, 0.1) is 0 Å². The molecule has 1 aliphatic heterocycles. The van der Waals surface area contributed by atoms with E-state index in [4.69, 9.17) is 13.8 Å². The van der Waals surface area contributed by atoms with Crippen LogP contribution >= 0.6 is 7.60 Å². The second-order valence-corrected chi connectivity index (χ2v) is 8.49. The van der Waals surface area contributed by atoms with E-state index >= 15 is 0 Å². The summed E-state index contributed by atoms with van der Waals surface area (Å²) < 4.78 is 31.1. The van der Waals surface area contributed by atoms with Gasteiger partial charge < -0.3 is 18.9 Å². The van der Waals surface area contributed by atoms with E-state index in [0.717, 1.165) is 0 Å². The lowest BCUT2D eigenvalue weighted by molar-refractivity contribution is 0.255. The van der Waals surface area contributed by atoms with Crippen molar-refractivity contribution in [3.05, 3.63) is 83.7 Å². The molecule has 6 nitrogen and oxygen atoms in total. The molecule has 138 valence electrons. The molecule has 4 rings (SSSR count). The quantitative estimate of drug-likeness (QED) is 0.660. The van der Waals surface area contributed by atoms with Gasteiger partial charge >= 0.3 is 7.60 Å². The number of pyridine rings is 1. The zero-order valence-corrected chi connectivity index (χ0v) is 15.7. The first-order chi connectivity index (χ1) is 13.1. The van der Waals surface area contributed by atoms with Gasteiger partial charge in [-0.2, -0.15) is 0 Å². The van der Waals surface area contributed by atoms with Crippen molar-refractivity contribution in [1.29, 1.82) is 0 Å². The normalized spacial score (nSPS) is 18.3. The van der Waals surface area contributed by atoms with Crippen molar-refractivity contribution in [2.24, 2.45) is 0 Å². The summed E-state index contributed by atoms with van der Waals surface area (Å²) in [4.78, 5) is 4.14. The predicted molar refractivity (Wildman–Crippen MR) is 100 cm³/mol. The van der Waals surface area contributed by atoms with E-state index in [1.807, 2.05) is 18.2 Å². The highest BCUT2D eigenvalue weighted by molar-refractivity contribution is 7.55. The van der Waals surface area contributed by atoms with Gasteiger partial charge in [-0.3, -0.25) is 9.55 Å². The molecule has 0 fully saturated rings. The molecule has 1 unspecified atom stereocenters. The average Bonchev–Trinajstić information content (AvgIpc) is 2.72.